The van der Waals surface area contributed by atoms with Gasteiger partial charge in [-0.3, -0.25) is 9.59 Å². The third-order valence-electron chi connectivity index (χ3n) is 12.7. The maximum atomic E-state index is 13.8. The molecule has 2 fully saturated rings. The summed E-state index contributed by atoms with van der Waals surface area (Å²) in [5, 5.41) is 6.50. The molecule has 3 aromatic heterocycles. The van der Waals surface area contributed by atoms with E-state index in [1.807, 2.05) is 49.9 Å². The van der Waals surface area contributed by atoms with E-state index in [-0.39, 0.29) is 41.8 Å². The van der Waals surface area contributed by atoms with Crippen LogP contribution in [0.3, 0.4) is 0 Å². The number of likely N-dealkylation sites (tertiary alicyclic amines) is 2. The molecule has 4 amide bonds. The SMILES string of the molecule is COC(=O)N[C@H](C(=O)N1CCC[C@H]1c1ncc(-c2ccc3c(c2)OC(CC(C)C)c2c-3[nH]c3ccc(-c4cnc([C@@H]5CCCN5C(=O)[C@@H](NC(=O)OC)C(C)C)[nH]4)cc23)[nH]1)C(C)C. The Morgan fingerprint density at radius 2 is 1.27 bits per heavy atom. The van der Waals surface area contributed by atoms with E-state index >= 15 is 0 Å². The van der Waals surface area contributed by atoms with E-state index in [4.69, 9.17) is 24.2 Å². The second kappa shape index (κ2) is 17.8. The summed E-state index contributed by atoms with van der Waals surface area (Å²) in [6.45, 7) is 13.2. The number of nitrogens with one attached hydrogen (secondary N) is 5. The smallest absolute Gasteiger partial charge is 0.407 e. The van der Waals surface area contributed by atoms with Gasteiger partial charge in [0, 0.05) is 46.2 Å². The fourth-order valence-electron chi connectivity index (χ4n) is 9.42. The molecule has 0 bridgehead atoms. The van der Waals surface area contributed by atoms with Crippen molar-refractivity contribution in [3.8, 4) is 39.5 Å². The highest BCUT2D eigenvalue weighted by molar-refractivity contribution is 5.96. The molecule has 0 aliphatic carbocycles. The van der Waals surface area contributed by atoms with Gasteiger partial charge in [-0.05, 0) is 74.1 Å². The number of carbonyl (C=O) groups excluding carboxylic acids is 4. The Labute approximate surface area is 367 Å². The van der Waals surface area contributed by atoms with Crippen molar-refractivity contribution in [2.45, 2.75) is 104 Å². The number of rotatable bonds is 12. The van der Waals surface area contributed by atoms with E-state index < -0.39 is 24.3 Å². The van der Waals surface area contributed by atoms with E-state index in [0.29, 0.717) is 30.7 Å². The van der Waals surface area contributed by atoms with E-state index in [9.17, 15) is 19.2 Å². The molecular weight excluding hydrogens is 803 g/mol. The Kier molecular flexibility index (Phi) is 12.3. The van der Waals surface area contributed by atoms with Gasteiger partial charge >= 0.3 is 12.2 Å². The number of imidazole rings is 2. The summed E-state index contributed by atoms with van der Waals surface area (Å²) in [6.07, 6.45) is 6.15. The number of H-pyrrole nitrogens is 3. The standard InChI is InChI=1S/C47H59N9O7/c1-24(2)19-37-38-30-20-27(32-22-48-42(51-32)34-11-9-17-55(34)44(57)39(25(3)4)53-46(59)61-7)14-16-31(30)50-41(38)29-15-13-28(21-36(29)63-37)33-23-49-43(52-33)35-12-10-18-56(35)45(58)40(26(5)6)54-47(60)62-8/h13-16,20-26,34-35,37,39-40,50H,9-12,17-19H2,1-8H3,(H,48,51)(H,49,52)(H,53,59)(H,54,60)/t34-,35-,37?,39-,40-/m0/s1. The lowest BCUT2D eigenvalue weighted by Gasteiger charge is -2.30. The number of amides is 4. The van der Waals surface area contributed by atoms with Gasteiger partial charge < -0.3 is 49.6 Å². The molecule has 0 saturated carbocycles. The van der Waals surface area contributed by atoms with Crippen LogP contribution in [0.2, 0.25) is 0 Å². The first-order valence-corrected chi connectivity index (χ1v) is 22.1. The van der Waals surface area contributed by atoms with Gasteiger partial charge in [0.1, 0.15) is 35.6 Å². The molecule has 0 radical (unpaired) electrons. The van der Waals surface area contributed by atoms with Crippen molar-refractivity contribution in [3.63, 3.8) is 0 Å². The van der Waals surface area contributed by atoms with Gasteiger partial charge in [-0.2, -0.15) is 0 Å². The van der Waals surface area contributed by atoms with Crippen molar-refractivity contribution < 1.29 is 33.4 Å². The molecule has 16 nitrogen and oxygen atoms in total. The fourth-order valence-corrected chi connectivity index (χ4v) is 9.42. The summed E-state index contributed by atoms with van der Waals surface area (Å²) >= 11 is 0. The van der Waals surface area contributed by atoms with Gasteiger partial charge in [-0.25, -0.2) is 19.6 Å². The van der Waals surface area contributed by atoms with Gasteiger partial charge in [0.25, 0.3) is 0 Å². The first-order valence-electron chi connectivity index (χ1n) is 22.1. The number of ether oxygens (including phenoxy) is 3. The number of alkyl carbamates (subject to hydrolysis) is 2. The third-order valence-corrected chi connectivity index (χ3v) is 12.7. The molecule has 5 atom stereocenters. The number of hydrogen-bond donors (Lipinski definition) is 5. The summed E-state index contributed by atoms with van der Waals surface area (Å²) in [5.74, 6) is 2.00. The van der Waals surface area contributed by atoms with Crippen LogP contribution < -0.4 is 15.4 Å². The van der Waals surface area contributed by atoms with Crippen molar-refractivity contribution in [1.82, 2.24) is 45.4 Å². The van der Waals surface area contributed by atoms with E-state index in [2.05, 4.69) is 75.8 Å². The molecule has 334 valence electrons. The highest BCUT2D eigenvalue weighted by atomic mass is 16.5. The molecule has 0 spiro atoms. The average Bonchev–Trinajstić information content (AvgIpc) is 4.12. The van der Waals surface area contributed by atoms with Crippen LogP contribution in [0.15, 0.2) is 48.8 Å². The van der Waals surface area contributed by atoms with Gasteiger partial charge in [-0.15, -0.1) is 0 Å². The van der Waals surface area contributed by atoms with Crippen LogP contribution >= 0.6 is 0 Å². The molecule has 2 saturated heterocycles. The van der Waals surface area contributed by atoms with E-state index in [1.165, 1.54) is 14.2 Å². The Bertz CT molecular complexity index is 2500. The largest absolute Gasteiger partial charge is 0.485 e. The zero-order chi connectivity index (χ0) is 44.7. The molecule has 1 unspecified atom stereocenters. The minimum atomic E-state index is -0.710. The number of fused-ring (bicyclic) bond motifs is 5. The molecule has 5 aromatic rings. The Morgan fingerprint density at radius 1 is 0.746 bits per heavy atom. The summed E-state index contributed by atoms with van der Waals surface area (Å²) in [6, 6.07) is 10.7. The molecule has 3 aliphatic heterocycles. The van der Waals surface area contributed by atoms with Crippen LogP contribution in [-0.4, -0.2) is 98.1 Å². The number of nitrogens with zero attached hydrogens (tertiary/aromatic N) is 4. The summed E-state index contributed by atoms with van der Waals surface area (Å²) in [7, 11) is 2.59. The second-order valence-corrected chi connectivity index (χ2v) is 18.1. The van der Waals surface area contributed by atoms with Gasteiger partial charge in [0.05, 0.1) is 55.8 Å². The van der Waals surface area contributed by atoms with Gasteiger partial charge in [0.15, 0.2) is 0 Å². The zero-order valence-electron chi connectivity index (χ0n) is 37.3. The fraction of sp³-hybridized carbons (Fsp3) is 0.489. The Hall–Kier alpha value is -6.32. The van der Waals surface area contributed by atoms with Crippen molar-refractivity contribution >= 4 is 34.9 Å². The van der Waals surface area contributed by atoms with Crippen molar-refractivity contribution in [2.75, 3.05) is 27.3 Å². The lowest BCUT2D eigenvalue weighted by atomic mass is 9.91. The molecule has 6 heterocycles. The molecular formula is C47H59N9O7. The molecule has 63 heavy (non-hydrogen) atoms. The number of benzene rings is 2. The number of carbonyl (C=O) groups is 4. The monoisotopic (exact) mass is 861 g/mol. The van der Waals surface area contributed by atoms with Gasteiger partial charge in [-0.1, -0.05) is 53.7 Å². The molecule has 3 aliphatic rings. The number of aromatic amines is 3. The zero-order valence-corrected chi connectivity index (χ0v) is 37.3. The first-order chi connectivity index (χ1) is 30.3. The number of hydrogen-bond acceptors (Lipinski definition) is 9. The highest BCUT2D eigenvalue weighted by Crippen LogP contribution is 2.49. The van der Waals surface area contributed by atoms with Crippen LogP contribution in [0.1, 0.15) is 109 Å². The quantitative estimate of drug-likeness (QED) is 0.0821. The van der Waals surface area contributed by atoms with E-state index in [1.54, 1.807) is 0 Å². The maximum Gasteiger partial charge on any atom is 0.407 e. The van der Waals surface area contributed by atoms with Crippen molar-refractivity contribution in [2.24, 2.45) is 17.8 Å². The summed E-state index contributed by atoms with van der Waals surface area (Å²) < 4.78 is 16.5. The molecule has 8 rings (SSSR count). The summed E-state index contributed by atoms with van der Waals surface area (Å²) in [4.78, 5) is 75.6. The highest BCUT2D eigenvalue weighted by Gasteiger charge is 2.39. The maximum absolute atomic E-state index is 13.8. The van der Waals surface area contributed by atoms with Crippen LogP contribution in [0, 0.1) is 17.8 Å². The normalized spacial score (nSPS) is 19.3. The van der Waals surface area contributed by atoms with Crippen LogP contribution in [0.4, 0.5) is 9.59 Å². The lowest BCUT2D eigenvalue weighted by molar-refractivity contribution is -0.136. The number of aromatic nitrogens is 5. The van der Waals surface area contributed by atoms with Crippen molar-refractivity contribution in [3.05, 3.63) is 66.0 Å². The predicted molar refractivity (Wildman–Crippen MR) is 237 cm³/mol. The minimum Gasteiger partial charge on any atom is -0.485 e. The molecule has 2 aromatic carbocycles. The van der Waals surface area contributed by atoms with Crippen LogP contribution in [0.5, 0.6) is 5.75 Å². The average molecular weight is 862 g/mol. The minimum absolute atomic E-state index is 0.123. The lowest BCUT2D eigenvalue weighted by Crippen LogP contribution is -2.51. The van der Waals surface area contributed by atoms with E-state index in [0.717, 1.165) is 88.1 Å². The molecule has 16 heteroatoms. The second-order valence-electron chi connectivity index (χ2n) is 18.1. The first kappa shape index (κ1) is 43.3. The van der Waals surface area contributed by atoms with Crippen LogP contribution in [-0.2, 0) is 19.1 Å². The Morgan fingerprint density at radius 3 is 1.78 bits per heavy atom. The summed E-state index contributed by atoms with van der Waals surface area (Å²) in [5.41, 5.74) is 7.65. The van der Waals surface area contributed by atoms with Gasteiger partial charge in [0.2, 0.25) is 11.8 Å². The third kappa shape index (κ3) is 8.46. The molecule has 5 N–H and O–H groups in total. The number of methoxy groups -OCH3 is 2. The Balaban J connectivity index is 1.05. The van der Waals surface area contributed by atoms with Crippen molar-refractivity contribution in [1.29, 1.82) is 0 Å². The van der Waals surface area contributed by atoms with Crippen LogP contribution in [0.25, 0.3) is 44.7 Å². The predicted octanol–water partition coefficient (Wildman–Crippen LogP) is 8.18. The topological polar surface area (TPSA) is 200 Å².